The highest BCUT2D eigenvalue weighted by Crippen LogP contribution is 2.35. The topological polar surface area (TPSA) is 87.9 Å². The van der Waals surface area contributed by atoms with Gasteiger partial charge in [-0.15, -0.1) is 0 Å². The quantitative estimate of drug-likeness (QED) is 0.315. The number of nitro groups is 1. The number of benzene rings is 2. The molecule has 0 heterocycles. The fourth-order valence-electron chi connectivity index (χ4n) is 2.08. The number of hydrogen-bond donors (Lipinski definition) is 0. The number of nitrogens with zero attached hydrogens (tertiary/aromatic N) is 1. The molecule has 2 aromatic rings. The summed E-state index contributed by atoms with van der Waals surface area (Å²) in [6.07, 6.45) is 1.37. The third-order valence-electron chi connectivity index (χ3n) is 3.27. The molecule has 7 nitrogen and oxygen atoms in total. The average Bonchev–Trinajstić information content (AvgIpc) is 2.64. The fraction of sp³-hybridized carbons (Fsp3) is 0.167. The number of carbonyl (C=O) groups is 1. The van der Waals surface area contributed by atoms with Gasteiger partial charge in [-0.1, -0.05) is 43.0 Å². The molecular weight excluding hydrogens is 326 g/mol. The number of ether oxygens (including phenoxy) is 3. The van der Waals surface area contributed by atoms with Crippen LogP contribution in [-0.4, -0.2) is 24.6 Å². The van der Waals surface area contributed by atoms with Gasteiger partial charge in [-0.3, -0.25) is 10.1 Å². The van der Waals surface area contributed by atoms with Gasteiger partial charge in [-0.25, -0.2) is 4.79 Å². The molecule has 7 heteroatoms. The monoisotopic (exact) mass is 343 g/mol. The summed E-state index contributed by atoms with van der Waals surface area (Å²) in [5, 5.41) is 11.3. The molecule has 130 valence electrons. The van der Waals surface area contributed by atoms with E-state index in [1.54, 1.807) is 0 Å². The SMILES string of the molecule is C=CCOC(=O)c1cc(OC)c(OCc2ccccc2)cc1[N+](=O)[O-]. The van der Waals surface area contributed by atoms with Gasteiger partial charge in [0.25, 0.3) is 5.69 Å². The highest BCUT2D eigenvalue weighted by atomic mass is 16.6. The molecule has 25 heavy (non-hydrogen) atoms. The molecule has 0 aliphatic carbocycles. The molecule has 0 atom stereocenters. The Morgan fingerprint density at radius 3 is 2.56 bits per heavy atom. The van der Waals surface area contributed by atoms with Gasteiger partial charge in [0.1, 0.15) is 18.8 Å². The summed E-state index contributed by atoms with van der Waals surface area (Å²) in [6, 6.07) is 11.7. The second kappa shape index (κ2) is 8.49. The molecule has 0 saturated heterocycles. The molecule has 0 radical (unpaired) electrons. The Balaban J connectivity index is 2.33. The van der Waals surface area contributed by atoms with Crippen molar-refractivity contribution in [2.24, 2.45) is 0 Å². The van der Waals surface area contributed by atoms with Gasteiger partial charge in [0.2, 0.25) is 0 Å². The summed E-state index contributed by atoms with van der Waals surface area (Å²) in [7, 11) is 1.38. The molecule has 2 rings (SSSR count). The van der Waals surface area contributed by atoms with Gasteiger partial charge < -0.3 is 14.2 Å². The molecule has 0 aliphatic heterocycles. The van der Waals surface area contributed by atoms with Crippen LogP contribution in [0, 0.1) is 10.1 Å². The maximum Gasteiger partial charge on any atom is 0.345 e. The van der Waals surface area contributed by atoms with E-state index in [0.717, 1.165) is 11.6 Å². The fourth-order valence-corrected chi connectivity index (χ4v) is 2.08. The number of methoxy groups -OCH3 is 1. The first kappa shape index (κ1) is 18.0. The van der Waals surface area contributed by atoms with Crippen molar-refractivity contribution >= 4 is 11.7 Å². The van der Waals surface area contributed by atoms with E-state index in [2.05, 4.69) is 6.58 Å². The highest BCUT2D eigenvalue weighted by molar-refractivity contribution is 5.95. The Labute approximate surface area is 144 Å². The van der Waals surface area contributed by atoms with Crippen LogP contribution in [0.2, 0.25) is 0 Å². The van der Waals surface area contributed by atoms with E-state index in [4.69, 9.17) is 14.2 Å². The molecule has 0 aliphatic rings. The van der Waals surface area contributed by atoms with Crippen molar-refractivity contribution < 1.29 is 23.9 Å². The average molecular weight is 343 g/mol. The van der Waals surface area contributed by atoms with E-state index >= 15 is 0 Å². The summed E-state index contributed by atoms with van der Waals surface area (Å²) >= 11 is 0. The predicted octanol–water partition coefficient (Wildman–Crippen LogP) is 3.53. The second-order valence-electron chi connectivity index (χ2n) is 4.94. The van der Waals surface area contributed by atoms with Crippen molar-refractivity contribution in [2.45, 2.75) is 6.61 Å². The zero-order valence-corrected chi connectivity index (χ0v) is 13.6. The lowest BCUT2D eigenvalue weighted by atomic mass is 10.1. The third-order valence-corrected chi connectivity index (χ3v) is 3.27. The molecular formula is C18H17NO6. The maximum atomic E-state index is 12.0. The Hall–Kier alpha value is -3.35. The first-order valence-corrected chi connectivity index (χ1v) is 7.38. The Bertz CT molecular complexity index is 773. The van der Waals surface area contributed by atoms with E-state index in [0.29, 0.717) is 0 Å². The van der Waals surface area contributed by atoms with Crippen LogP contribution in [0.4, 0.5) is 5.69 Å². The zero-order valence-electron chi connectivity index (χ0n) is 13.6. The van der Waals surface area contributed by atoms with Gasteiger partial charge in [-0.2, -0.15) is 0 Å². The predicted molar refractivity (Wildman–Crippen MR) is 90.9 cm³/mol. The molecule has 0 amide bonds. The van der Waals surface area contributed by atoms with E-state index in [1.165, 1.54) is 19.3 Å². The number of carbonyl (C=O) groups excluding carboxylic acids is 1. The minimum Gasteiger partial charge on any atom is -0.493 e. The van der Waals surface area contributed by atoms with E-state index in [1.807, 2.05) is 30.3 Å². The van der Waals surface area contributed by atoms with Crippen LogP contribution < -0.4 is 9.47 Å². The van der Waals surface area contributed by atoms with Crippen molar-refractivity contribution in [1.29, 1.82) is 0 Å². The number of rotatable bonds is 8. The third kappa shape index (κ3) is 4.57. The summed E-state index contributed by atoms with van der Waals surface area (Å²) in [4.78, 5) is 22.7. The molecule has 0 fully saturated rings. The zero-order chi connectivity index (χ0) is 18.2. The van der Waals surface area contributed by atoms with E-state index < -0.39 is 16.6 Å². The van der Waals surface area contributed by atoms with Crippen LogP contribution >= 0.6 is 0 Å². The minimum absolute atomic E-state index is 0.0510. The molecule has 2 aromatic carbocycles. The molecule has 0 spiro atoms. The van der Waals surface area contributed by atoms with Gasteiger partial charge in [0, 0.05) is 6.07 Å². The first-order valence-electron chi connectivity index (χ1n) is 7.38. The normalized spacial score (nSPS) is 9.96. The Morgan fingerprint density at radius 2 is 1.96 bits per heavy atom. The van der Waals surface area contributed by atoms with Crippen LogP contribution in [-0.2, 0) is 11.3 Å². The van der Waals surface area contributed by atoms with Crippen molar-refractivity contribution in [3.8, 4) is 11.5 Å². The van der Waals surface area contributed by atoms with Crippen LogP contribution in [0.5, 0.6) is 11.5 Å². The first-order chi connectivity index (χ1) is 12.1. The number of hydrogen-bond acceptors (Lipinski definition) is 6. The highest BCUT2D eigenvalue weighted by Gasteiger charge is 2.25. The van der Waals surface area contributed by atoms with E-state index in [9.17, 15) is 14.9 Å². The van der Waals surface area contributed by atoms with Crippen LogP contribution in [0.15, 0.2) is 55.1 Å². The Kier molecular flexibility index (Phi) is 6.11. The van der Waals surface area contributed by atoms with Gasteiger partial charge in [0.05, 0.1) is 18.1 Å². The van der Waals surface area contributed by atoms with Gasteiger partial charge in [0.15, 0.2) is 11.5 Å². The molecule has 0 unspecified atom stereocenters. The van der Waals surface area contributed by atoms with Crippen molar-refractivity contribution in [3.63, 3.8) is 0 Å². The maximum absolute atomic E-state index is 12.0. The summed E-state index contributed by atoms with van der Waals surface area (Å²) < 4.78 is 15.7. The van der Waals surface area contributed by atoms with E-state index in [-0.39, 0.29) is 30.3 Å². The lowest BCUT2D eigenvalue weighted by molar-refractivity contribution is -0.385. The molecule has 0 bridgehead atoms. The van der Waals surface area contributed by atoms with Crippen LogP contribution in [0.25, 0.3) is 0 Å². The largest absolute Gasteiger partial charge is 0.493 e. The molecule has 0 N–H and O–H groups in total. The van der Waals surface area contributed by atoms with Crippen LogP contribution in [0.3, 0.4) is 0 Å². The standard InChI is InChI=1S/C18H17NO6/c1-3-9-24-18(20)14-10-16(23-2)17(11-15(14)19(21)22)25-12-13-7-5-4-6-8-13/h3-8,10-11H,1,9,12H2,2H3. The van der Waals surface area contributed by atoms with Crippen molar-refractivity contribution in [2.75, 3.05) is 13.7 Å². The second-order valence-corrected chi connectivity index (χ2v) is 4.94. The van der Waals surface area contributed by atoms with Gasteiger partial charge in [-0.05, 0) is 5.56 Å². The van der Waals surface area contributed by atoms with Crippen molar-refractivity contribution in [3.05, 3.63) is 76.4 Å². The number of esters is 1. The lowest BCUT2D eigenvalue weighted by Crippen LogP contribution is -2.09. The van der Waals surface area contributed by atoms with Crippen LogP contribution in [0.1, 0.15) is 15.9 Å². The van der Waals surface area contributed by atoms with Gasteiger partial charge >= 0.3 is 5.97 Å². The smallest absolute Gasteiger partial charge is 0.345 e. The number of nitro benzene ring substituents is 1. The lowest BCUT2D eigenvalue weighted by Gasteiger charge is -2.12. The molecule has 0 aromatic heterocycles. The van der Waals surface area contributed by atoms with Crippen molar-refractivity contribution in [1.82, 2.24) is 0 Å². The summed E-state index contributed by atoms with van der Waals surface area (Å²) in [6.45, 7) is 3.58. The Morgan fingerprint density at radius 1 is 1.24 bits per heavy atom. The summed E-state index contributed by atoms with van der Waals surface area (Å²) in [5.74, 6) is -0.468. The molecule has 0 saturated carbocycles. The summed E-state index contributed by atoms with van der Waals surface area (Å²) in [5.41, 5.74) is 0.260. The minimum atomic E-state index is -0.834.